The lowest BCUT2D eigenvalue weighted by atomic mass is 9.48. The van der Waals surface area contributed by atoms with E-state index in [1.165, 1.54) is 55.1 Å². The molecule has 0 heterocycles. The summed E-state index contributed by atoms with van der Waals surface area (Å²) in [6, 6.07) is 12.8. The van der Waals surface area contributed by atoms with Gasteiger partial charge in [0.25, 0.3) is 0 Å². The number of anilines is 1. The van der Waals surface area contributed by atoms with Crippen LogP contribution in [0.15, 0.2) is 48.5 Å². The first-order valence-electron chi connectivity index (χ1n) is 15.3. The van der Waals surface area contributed by atoms with Crippen LogP contribution in [0.25, 0.3) is 0 Å². The minimum Gasteiger partial charge on any atom is -0.352 e. The van der Waals surface area contributed by atoms with Crippen LogP contribution in [-0.2, 0) is 31.6 Å². The molecule has 2 aromatic rings. The van der Waals surface area contributed by atoms with Crippen molar-refractivity contribution >= 4 is 27.5 Å². The normalized spacial score (nSPS) is 26.0. The largest absolute Gasteiger partial charge is 0.352 e. The van der Waals surface area contributed by atoms with Gasteiger partial charge in [-0.25, -0.2) is 12.8 Å². The summed E-state index contributed by atoms with van der Waals surface area (Å²) in [7, 11) is -3.84. The molecule has 2 amide bonds. The van der Waals surface area contributed by atoms with Crippen LogP contribution in [0.2, 0.25) is 0 Å². The van der Waals surface area contributed by atoms with Gasteiger partial charge in [-0.2, -0.15) is 0 Å². The van der Waals surface area contributed by atoms with Crippen LogP contribution >= 0.6 is 0 Å². The Kier molecular flexibility index (Phi) is 8.70. The summed E-state index contributed by atoms with van der Waals surface area (Å²) in [5.41, 5.74) is 2.09. The second kappa shape index (κ2) is 12.0. The molecule has 2 aromatic carbocycles. The van der Waals surface area contributed by atoms with Gasteiger partial charge in [-0.05, 0) is 106 Å². The Balaban J connectivity index is 1.39. The fraction of sp³-hybridized carbons (Fsp3) is 0.576. The molecule has 4 bridgehead atoms. The SMILES string of the molecule is CC[C@@H](C)NC(=O)[C@@H](C)N(Cc1ccccc1F)C(=O)CN(c1ccc(C23CC4CC(CC(C4)C2)C3)cc1)S(C)(=O)=O. The summed E-state index contributed by atoms with van der Waals surface area (Å²) in [5, 5.41) is 2.88. The van der Waals surface area contributed by atoms with Crippen LogP contribution in [0.4, 0.5) is 10.1 Å². The predicted molar refractivity (Wildman–Crippen MR) is 163 cm³/mol. The molecule has 2 atom stereocenters. The number of nitrogens with zero attached hydrogens (tertiary/aromatic N) is 2. The van der Waals surface area contributed by atoms with Crippen LogP contribution in [0.1, 0.15) is 76.8 Å². The maximum Gasteiger partial charge on any atom is 0.244 e. The van der Waals surface area contributed by atoms with E-state index in [9.17, 15) is 22.4 Å². The fourth-order valence-electron chi connectivity index (χ4n) is 7.92. The molecule has 0 radical (unpaired) electrons. The quantitative estimate of drug-likeness (QED) is 0.376. The molecule has 228 valence electrons. The van der Waals surface area contributed by atoms with Crippen LogP contribution < -0.4 is 9.62 Å². The molecule has 7 nitrogen and oxygen atoms in total. The molecule has 42 heavy (non-hydrogen) atoms. The molecule has 4 aliphatic carbocycles. The first-order valence-corrected chi connectivity index (χ1v) is 17.1. The van der Waals surface area contributed by atoms with Crippen molar-refractivity contribution in [1.82, 2.24) is 10.2 Å². The van der Waals surface area contributed by atoms with E-state index in [1.807, 2.05) is 38.1 Å². The molecule has 0 aromatic heterocycles. The molecule has 9 heteroatoms. The third-order valence-electron chi connectivity index (χ3n) is 9.95. The maximum atomic E-state index is 14.6. The van der Waals surface area contributed by atoms with Crippen molar-refractivity contribution in [3.8, 4) is 0 Å². The number of hydrogen-bond acceptors (Lipinski definition) is 4. The van der Waals surface area contributed by atoms with Crippen molar-refractivity contribution in [3.05, 3.63) is 65.5 Å². The summed E-state index contributed by atoms with van der Waals surface area (Å²) in [6.07, 6.45) is 9.43. The summed E-state index contributed by atoms with van der Waals surface area (Å²) in [4.78, 5) is 28.1. The lowest BCUT2D eigenvalue weighted by Crippen LogP contribution is -2.52. The Hall–Kier alpha value is -2.94. The van der Waals surface area contributed by atoms with Crippen molar-refractivity contribution in [1.29, 1.82) is 0 Å². The van der Waals surface area contributed by atoms with Gasteiger partial charge in [-0.3, -0.25) is 13.9 Å². The van der Waals surface area contributed by atoms with Gasteiger partial charge in [0.15, 0.2) is 0 Å². The van der Waals surface area contributed by atoms with Gasteiger partial charge in [0.2, 0.25) is 21.8 Å². The zero-order chi connectivity index (χ0) is 30.2. The first-order chi connectivity index (χ1) is 19.9. The number of benzene rings is 2. The number of sulfonamides is 1. The molecule has 4 saturated carbocycles. The Morgan fingerprint density at radius 3 is 2.07 bits per heavy atom. The molecule has 6 rings (SSSR count). The van der Waals surface area contributed by atoms with E-state index in [0.717, 1.165) is 28.3 Å². The Labute approximate surface area is 249 Å². The number of hydrogen-bond donors (Lipinski definition) is 1. The second-order valence-electron chi connectivity index (χ2n) is 13.1. The molecule has 1 N–H and O–H groups in total. The third-order valence-corrected chi connectivity index (χ3v) is 11.1. The number of carbonyl (C=O) groups is 2. The van der Waals surface area contributed by atoms with E-state index < -0.39 is 34.3 Å². The van der Waals surface area contributed by atoms with Crippen LogP contribution in [0.5, 0.6) is 0 Å². The van der Waals surface area contributed by atoms with Crippen LogP contribution in [0, 0.1) is 23.6 Å². The van der Waals surface area contributed by atoms with E-state index >= 15 is 0 Å². The zero-order valence-corrected chi connectivity index (χ0v) is 26.0. The maximum absolute atomic E-state index is 14.6. The van der Waals surface area contributed by atoms with E-state index in [2.05, 4.69) is 5.32 Å². The summed E-state index contributed by atoms with van der Waals surface area (Å²) in [6.45, 7) is 4.73. The molecular formula is C33H44FN3O4S. The average Bonchev–Trinajstić information content (AvgIpc) is 2.93. The summed E-state index contributed by atoms with van der Waals surface area (Å²) < 4.78 is 41.7. The minimum atomic E-state index is -3.84. The highest BCUT2D eigenvalue weighted by molar-refractivity contribution is 7.92. The van der Waals surface area contributed by atoms with Gasteiger partial charge < -0.3 is 10.2 Å². The van der Waals surface area contributed by atoms with Gasteiger partial charge in [0.05, 0.1) is 11.9 Å². The molecule has 0 saturated heterocycles. The Bertz CT molecular complexity index is 1380. The monoisotopic (exact) mass is 597 g/mol. The number of rotatable bonds is 11. The molecule has 0 unspecified atom stereocenters. The lowest BCUT2D eigenvalue weighted by Gasteiger charge is -2.57. The van der Waals surface area contributed by atoms with E-state index in [0.29, 0.717) is 12.1 Å². The van der Waals surface area contributed by atoms with Crippen molar-refractivity contribution in [2.24, 2.45) is 17.8 Å². The minimum absolute atomic E-state index is 0.106. The van der Waals surface area contributed by atoms with Crippen LogP contribution in [0.3, 0.4) is 0 Å². The first kappa shape index (κ1) is 30.5. The van der Waals surface area contributed by atoms with Gasteiger partial charge >= 0.3 is 0 Å². The van der Waals surface area contributed by atoms with E-state index in [-0.39, 0.29) is 29.5 Å². The summed E-state index contributed by atoms with van der Waals surface area (Å²) >= 11 is 0. The van der Waals surface area contributed by atoms with Crippen molar-refractivity contribution < 1.29 is 22.4 Å². The van der Waals surface area contributed by atoms with Gasteiger partial charge in [-0.15, -0.1) is 0 Å². The van der Waals surface area contributed by atoms with E-state index in [1.54, 1.807) is 25.1 Å². The molecule has 4 fully saturated rings. The topological polar surface area (TPSA) is 86.8 Å². The highest BCUT2D eigenvalue weighted by Crippen LogP contribution is 2.60. The number of nitrogens with one attached hydrogen (secondary N) is 1. The Morgan fingerprint density at radius 2 is 1.55 bits per heavy atom. The smallest absolute Gasteiger partial charge is 0.244 e. The molecular weight excluding hydrogens is 553 g/mol. The Morgan fingerprint density at radius 1 is 0.976 bits per heavy atom. The lowest BCUT2D eigenvalue weighted by molar-refractivity contribution is -0.139. The van der Waals surface area contributed by atoms with Gasteiger partial charge in [0, 0.05) is 18.2 Å². The van der Waals surface area contributed by atoms with Gasteiger partial charge in [0.1, 0.15) is 18.4 Å². The molecule has 0 aliphatic heterocycles. The highest BCUT2D eigenvalue weighted by Gasteiger charge is 2.51. The number of carbonyl (C=O) groups excluding carboxylic acids is 2. The van der Waals surface area contributed by atoms with Crippen molar-refractivity contribution in [2.75, 3.05) is 17.1 Å². The highest BCUT2D eigenvalue weighted by atomic mass is 32.2. The standard InChI is InChI=1S/C33H44FN3O4S/c1-5-22(2)35-32(39)23(3)36(20-27-8-6-7-9-30(27)34)31(38)21-37(42(4,40)41)29-12-10-28(11-13-29)33-17-24-14-25(18-33)16-26(15-24)19-33/h6-13,22-26H,5,14-21H2,1-4H3,(H,35,39)/t22-,23-,24?,25?,26?,33?/m1/s1. The number of amides is 2. The second-order valence-corrected chi connectivity index (χ2v) is 15.0. The fourth-order valence-corrected chi connectivity index (χ4v) is 8.77. The summed E-state index contributed by atoms with van der Waals surface area (Å²) in [5.74, 6) is 0.925. The molecule has 0 spiro atoms. The zero-order valence-electron chi connectivity index (χ0n) is 25.2. The van der Waals surface area contributed by atoms with Crippen molar-refractivity contribution in [2.45, 2.75) is 89.8 Å². The average molecular weight is 598 g/mol. The third kappa shape index (κ3) is 6.36. The number of halogens is 1. The van der Waals surface area contributed by atoms with Crippen LogP contribution in [-0.4, -0.2) is 50.0 Å². The van der Waals surface area contributed by atoms with E-state index in [4.69, 9.17) is 0 Å². The predicted octanol–water partition coefficient (Wildman–Crippen LogP) is 5.39. The van der Waals surface area contributed by atoms with Crippen molar-refractivity contribution in [3.63, 3.8) is 0 Å². The molecule has 4 aliphatic rings. The van der Waals surface area contributed by atoms with Gasteiger partial charge in [-0.1, -0.05) is 37.3 Å².